The third-order valence-electron chi connectivity index (χ3n) is 3.94. The van der Waals surface area contributed by atoms with E-state index in [1.54, 1.807) is 63.6 Å². The molecule has 0 heterocycles. The first-order valence-electron chi connectivity index (χ1n) is 8.31. The first-order chi connectivity index (χ1) is 13.0. The van der Waals surface area contributed by atoms with E-state index in [1.807, 2.05) is 0 Å². The Balaban J connectivity index is 1.98. The number of para-hydroxylation sites is 1. The maximum absolute atomic E-state index is 12.2. The smallest absolute Gasteiger partial charge is 0.342 e. The van der Waals surface area contributed by atoms with Crippen LogP contribution in [0, 0.1) is 0 Å². The van der Waals surface area contributed by atoms with Crippen molar-refractivity contribution in [3.63, 3.8) is 0 Å². The fraction of sp³-hybridized carbons (Fsp3) is 0.300. The van der Waals surface area contributed by atoms with E-state index in [1.165, 1.54) is 7.11 Å². The number of carbonyl (C=O) groups excluding carboxylic acids is 2. The number of methoxy groups -OCH3 is 3. The lowest BCUT2D eigenvalue weighted by Gasteiger charge is -2.18. The van der Waals surface area contributed by atoms with E-state index in [4.69, 9.17) is 18.9 Å². The molecule has 144 valence electrons. The van der Waals surface area contributed by atoms with Gasteiger partial charge in [0.15, 0.2) is 6.61 Å². The zero-order chi connectivity index (χ0) is 19.8. The molecule has 0 fully saturated rings. The first-order valence-corrected chi connectivity index (χ1v) is 8.31. The molecule has 1 atom stereocenters. The molecular weight excluding hydrogens is 350 g/mol. The van der Waals surface area contributed by atoms with Crippen LogP contribution in [0.4, 0.5) is 0 Å². The van der Waals surface area contributed by atoms with Crippen molar-refractivity contribution in [2.24, 2.45) is 0 Å². The summed E-state index contributed by atoms with van der Waals surface area (Å²) in [6.07, 6.45) is 0. The standard InChI is InChI=1S/C20H23NO6/c1-13(16-11-14(24-2)9-10-18(16)26-4)21-19(22)12-27-20(23)15-7-5-6-8-17(15)25-3/h5-11,13H,12H2,1-4H3,(H,21,22)/t13-/m1/s1. The Morgan fingerprint density at radius 1 is 0.963 bits per heavy atom. The van der Waals surface area contributed by atoms with Gasteiger partial charge in [-0.1, -0.05) is 12.1 Å². The Hall–Kier alpha value is -3.22. The normalized spacial score (nSPS) is 11.3. The molecule has 2 aromatic rings. The largest absolute Gasteiger partial charge is 0.497 e. The number of nitrogens with one attached hydrogen (secondary N) is 1. The number of hydrogen-bond donors (Lipinski definition) is 1. The molecule has 0 aliphatic heterocycles. The summed E-state index contributed by atoms with van der Waals surface area (Å²) in [7, 11) is 4.57. The summed E-state index contributed by atoms with van der Waals surface area (Å²) in [5.41, 5.74) is 1.01. The summed E-state index contributed by atoms with van der Waals surface area (Å²) in [5, 5.41) is 2.77. The van der Waals surface area contributed by atoms with Crippen LogP contribution in [0.5, 0.6) is 17.2 Å². The van der Waals surface area contributed by atoms with E-state index < -0.39 is 18.5 Å². The summed E-state index contributed by atoms with van der Waals surface area (Å²) < 4.78 is 20.7. The van der Waals surface area contributed by atoms with Gasteiger partial charge in [-0.3, -0.25) is 4.79 Å². The molecule has 0 spiro atoms. The van der Waals surface area contributed by atoms with Crippen LogP contribution in [0.15, 0.2) is 42.5 Å². The van der Waals surface area contributed by atoms with Gasteiger partial charge >= 0.3 is 5.97 Å². The van der Waals surface area contributed by atoms with E-state index in [-0.39, 0.29) is 11.6 Å². The maximum Gasteiger partial charge on any atom is 0.342 e. The summed E-state index contributed by atoms with van der Waals surface area (Å²) in [4.78, 5) is 24.3. The predicted octanol–water partition coefficient (Wildman–Crippen LogP) is 2.75. The van der Waals surface area contributed by atoms with Crippen molar-refractivity contribution in [2.45, 2.75) is 13.0 Å². The molecule has 0 saturated heterocycles. The van der Waals surface area contributed by atoms with Gasteiger partial charge in [-0.25, -0.2) is 4.79 Å². The highest BCUT2D eigenvalue weighted by atomic mass is 16.5. The minimum Gasteiger partial charge on any atom is -0.497 e. The fourth-order valence-corrected chi connectivity index (χ4v) is 2.56. The van der Waals surface area contributed by atoms with Gasteiger partial charge in [0, 0.05) is 5.56 Å². The molecule has 1 amide bonds. The van der Waals surface area contributed by atoms with Crippen LogP contribution in [0.25, 0.3) is 0 Å². The van der Waals surface area contributed by atoms with Crippen LogP contribution in [0.2, 0.25) is 0 Å². The highest BCUT2D eigenvalue weighted by Crippen LogP contribution is 2.29. The molecule has 0 saturated carbocycles. The molecule has 1 N–H and O–H groups in total. The van der Waals surface area contributed by atoms with Crippen LogP contribution in [0.1, 0.15) is 28.9 Å². The number of esters is 1. The second-order valence-corrected chi connectivity index (χ2v) is 5.67. The number of ether oxygens (including phenoxy) is 4. The van der Waals surface area contributed by atoms with Gasteiger partial charge in [0.1, 0.15) is 22.8 Å². The Bertz CT molecular complexity index is 805. The van der Waals surface area contributed by atoms with Gasteiger partial charge in [0.05, 0.1) is 27.4 Å². The predicted molar refractivity (Wildman–Crippen MR) is 99.4 cm³/mol. The number of carbonyl (C=O) groups is 2. The second kappa shape index (κ2) is 9.47. The zero-order valence-electron chi connectivity index (χ0n) is 15.8. The average molecular weight is 373 g/mol. The second-order valence-electron chi connectivity index (χ2n) is 5.67. The maximum atomic E-state index is 12.2. The van der Waals surface area contributed by atoms with Gasteiger partial charge in [-0.15, -0.1) is 0 Å². The number of hydrogen-bond acceptors (Lipinski definition) is 6. The van der Waals surface area contributed by atoms with Gasteiger partial charge in [0.25, 0.3) is 5.91 Å². The molecule has 2 aromatic carbocycles. The van der Waals surface area contributed by atoms with Crippen LogP contribution in [0.3, 0.4) is 0 Å². The van der Waals surface area contributed by atoms with Crippen LogP contribution < -0.4 is 19.5 Å². The first kappa shape index (κ1) is 20.1. The molecular formula is C20H23NO6. The van der Waals surface area contributed by atoms with E-state index >= 15 is 0 Å². The lowest BCUT2D eigenvalue weighted by Crippen LogP contribution is -2.31. The summed E-state index contributed by atoms with van der Waals surface area (Å²) in [5.74, 6) is 0.589. The Morgan fingerprint density at radius 3 is 2.33 bits per heavy atom. The molecule has 7 heteroatoms. The Labute approximate surface area is 158 Å². The molecule has 0 aliphatic carbocycles. The van der Waals surface area contributed by atoms with Crippen LogP contribution in [-0.2, 0) is 9.53 Å². The van der Waals surface area contributed by atoms with Crippen molar-refractivity contribution in [3.05, 3.63) is 53.6 Å². The quantitative estimate of drug-likeness (QED) is 0.717. The molecule has 0 radical (unpaired) electrons. The van der Waals surface area contributed by atoms with E-state index in [0.29, 0.717) is 17.2 Å². The van der Waals surface area contributed by atoms with Crippen molar-refractivity contribution in [2.75, 3.05) is 27.9 Å². The van der Waals surface area contributed by atoms with E-state index in [2.05, 4.69) is 5.32 Å². The summed E-state index contributed by atoms with van der Waals surface area (Å²) in [6, 6.07) is 11.6. The zero-order valence-corrected chi connectivity index (χ0v) is 15.8. The molecule has 0 bridgehead atoms. The van der Waals surface area contributed by atoms with Crippen LogP contribution in [-0.4, -0.2) is 39.8 Å². The van der Waals surface area contributed by atoms with Gasteiger partial charge in [0.2, 0.25) is 0 Å². The highest BCUT2D eigenvalue weighted by Gasteiger charge is 2.18. The number of amides is 1. The van der Waals surface area contributed by atoms with Crippen molar-refractivity contribution in [1.29, 1.82) is 0 Å². The molecule has 7 nitrogen and oxygen atoms in total. The number of rotatable bonds is 8. The third-order valence-corrected chi connectivity index (χ3v) is 3.94. The summed E-state index contributed by atoms with van der Waals surface area (Å²) >= 11 is 0. The third kappa shape index (κ3) is 5.13. The summed E-state index contributed by atoms with van der Waals surface area (Å²) in [6.45, 7) is 1.39. The number of benzene rings is 2. The van der Waals surface area contributed by atoms with Crippen LogP contribution >= 0.6 is 0 Å². The topological polar surface area (TPSA) is 83.1 Å². The van der Waals surface area contributed by atoms with Crippen molar-refractivity contribution < 1.29 is 28.5 Å². The fourth-order valence-electron chi connectivity index (χ4n) is 2.56. The minimum absolute atomic E-state index is 0.260. The lowest BCUT2D eigenvalue weighted by molar-refractivity contribution is -0.124. The van der Waals surface area contributed by atoms with E-state index in [9.17, 15) is 9.59 Å². The monoisotopic (exact) mass is 373 g/mol. The van der Waals surface area contributed by atoms with Gasteiger partial charge in [-0.2, -0.15) is 0 Å². The average Bonchev–Trinajstić information content (AvgIpc) is 2.71. The molecule has 0 aliphatic rings. The molecule has 0 aromatic heterocycles. The SMILES string of the molecule is COc1ccc(OC)c([C@@H](C)NC(=O)COC(=O)c2ccccc2OC)c1. The molecule has 2 rings (SSSR count). The lowest BCUT2D eigenvalue weighted by atomic mass is 10.1. The highest BCUT2D eigenvalue weighted by molar-refractivity contribution is 5.94. The Kier molecular flexibility index (Phi) is 7.05. The van der Waals surface area contributed by atoms with Gasteiger partial charge < -0.3 is 24.3 Å². The van der Waals surface area contributed by atoms with Crippen molar-refractivity contribution in [3.8, 4) is 17.2 Å². The molecule has 27 heavy (non-hydrogen) atoms. The molecule has 0 unspecified atom stereocenters. The Morgan fingerprint density at radius 2 is 1.67 bits per heavy atom. The minimum atomic E-state index is -0.630. The van der Waals surface area contributed by atoms with Crippen molar-refractivity contribution in [1.82, 2.24) is 5.32 Å². The van der Waals surface area contributed by atoms with E-state index in [0.717, 1.165) is 5.56 Å². The van der Waals surface area contributed by atoms with Gasteiger partial charge in [-0.05, 0) is 37.3 Å². The van der Waals surface area contributed by atoms with Crippen molar-refractivity contribution >= 4 is 11.9 Å².